The highest BCUT2D eigenvalue weighted by Gasteiger charge is 2.27. The van der Waals surface area contributed by atoms with Gasteiger partial charge in [-0.25, -0.2) is 4.79 Å². The van der Waals surface area contributed by atoms with Gasteiger partial charge in [-0.15, -0.1) is 0 Å². The van der Waals surface area contributed by atoms with Crippen LogP contribution >= 0.6 is 0 Å². The van der Waals surface area contributed by atoms with E-state index in [1.165, 1.54) is 19.3 Å². The summed E-state index contributed by atoms with van der Waals surface area (Å²) in [5.74, 6) is 1.09. The van der Waals surface area contributed by atoms with Crippen LogP contribution in [0.3, 0.4) is 0 Å². The summed E-state index contributed by atoms with van der Waals surface area (Å²) in [4.78, 5) is 11.8. The van der Waals surface area contributed by atoms with Crippen LogP contribution in [0.15, 0.2) is 24.3 Å². The third-order valence-electron chi connectivity index (χ3n) is 4.25. The summed E-state index contributed by atoms with van der Waals surface area (Å²) >= 11 is 0. The fraction of sp³-hybridized carbons (Fsp3) is 0.588. The van der Waals surface area contributed by atoms with Gasteiger partial charge in [-0.2, -0.15) is 0 Å². The van der Waals surface area contributed by atoms with Gasteiger partial charge in [0.15, 0.2) is 0 Å². The van der Waals surface area contributed by atoms with Gasteiger partial charge >= 0.3 is 5.97 Å². The Labute approximate surface area is 121 Å². The monoisotopic (exact) mass is 275 g/mol. The topological polar surface area (TPSA) is 38.3 Å². The standard InChI is InChI=1S/C17H25NO2/c1-4-20-17(19)14-9-6-10-15(11-14)18-16-12(2)7-5-8-13(16)3/h6,9-13,16,18H,4-5,7-8H2,1-3H3. The van der Waals surface area contributed by atoms with E-state index in [2.05, 4.69) is 19.2 Å². The maximum Gasteiger partial charge on any atom is 0.338 e. The van der Waals surface area contributed by atoms with Crippen molar-refractivity contribution in [2.45, 2.75) is 46.1 Å². The number of hydrogen-bond donors (Lipinski definition) is 1. The maximum atomic E-state index is 11.8. The van der Waals surface area contributed by atoms with Crippen molar-refractivity contribution in [3.63, 3.8) is 0 Å². The molecule has 1 saturated carbocycles. The van der Waals surface area contributed by atoms with Crippen LogP contribution in [0.4, 0.5) is 5.69 Å². The number of carbonyl (C=O) groups is 1. The van der Waals surface area contributed by atoms with Crippen molar-refractivity contribution in [2.75, 3.05) is 11.9 Å². The van der Waals surface area contributed by atoms with E-state index in [0.717, 1.165) is 5.69 Å². The largest absolute Gasteiger partial charge is 0.462 e. The van der Waals surface area contributed by atoms with Crippen molar-refractivity contribution in [3.8, 4) is 0 Å². The summed E-state index contributed by atoms with van der Waals surface area (Å²) in [6, 6.07) is 8.12. The molecule has 2 unspecified atom stereocenters. The van der Waals surface area contributed by atoms with Crippen LogP contribution in [0.2, 0.25) is 0 Å². The summed E-state index contributed by atoms with van der Waals surface area (Å²) in [5.41, 5.74) is 1.63. The smallest absolute Gasteiger partial charge is 0.338 e. The third-order valence-corrected chi connectivity index (χ3v) is 4.25. The molecule has 0 radical (unpaired) electrons. The van der Waals surface area contributed by atoms with Crippen LogP contribution in [0.5, 0.6) is 0 Å². The number of anilines is 1. The number of benzene rings is 1. The molecule has 0 bridgehead atoms. The van der Waals surface area contributed by atoms with Crippen LogP contribution in [0.1, 0.15) is 50.4 Å². The Morgan fingerprint density at radius 3 is 2.65 bits per heavy atom. The molecule has 0 saturated heterocycles. The Balaban J connectivity index is 2.09. The fourth-order valence-electron chi connectivity index (χ4n) is 3.11. The number of rotatable bonds is 4. The summed E-state index contributed by atoms with van der Waals surface area (Å²) in [7, 11) is 0. The van der Waals surface area contributed by atoms with Crippen LogP contribution in [0.25, 0.3) is 0 Å². The quantitative estimate of drug-likeness (QED) is 0.841. The highest BCUT2D eigenvalue weighted by atomic mass is 16.5. The highest BCUT2D eigenvalue weighted by molar-refractivity contribution is 5.90. The normalized spacial score (nSPS) is 26.1. The summed E-state index contributed by atoms with van der Waals surface area (Å²) in [6.07, 6.45) is 3.88. The van der Waals surface area contributed by atoms with Crippen LogP contribution in [-0.4, -0.2) is 18.6 Å². The molecule has 110 valence electrons. The molecule has 0 amide bonds. The molecule has 1 aliphatic rings. The Morgan fingerprint density at radius 1 is 1.30 bits per heavy atom. The van der Waals surface area contributed by atoms with E-state index in [1.807, 2.05) is 25.1 Å². The van der Waals surface area contributed by atoms with E-state index in [9.17, 15) is 4.79 Å². The van der Waals surface area contributed by atoms with Crippen molar-refractivity contribution in [2.24, 2.45) is 11.8 Å². The molecule has 0 aliphatic heterocycles. The first-order valence-electron chi connectivity index (χ1n) is 7.65. The summed E-state index contributed by atoms with van der Waals surface area (Å²) in [5, 5.41) is 3.61. The predicted octanol–water partition coefficient (Wildman–Crippen LogP) is 4.10. The zero-order chi connectivity index (χ0) is 14.5. The van der Waals surface area contributed by atoms with Crippen molar-refractivity contribution >= 4 is 11.7 Å². The van der Waals surface area contributed by atoms with Crippen molar-refractivity contribution in [1.82, 2.24) is 0 Å². The first kappa shape index (κ1) is 14.9. The van der Waals surface area contributed by atoms with Gasteiger partial charge in [-0.3, -0.25) is 0 Å². The molecular formula is C17H25NO2. The van der Waals surface area contributed by atoms with E-state index in [-0.39, 0.29) is 5.97 Å². The van der Waals surface area contributed by atoms with Crippen molar-refractivity contribution in [3.05, 3.63) is 29.8 Å². The zero-order valence-corrected chi connectivity index (χ0v) is 12.7. The van der Waals surface area contributed by atoms with E-state index < -0.39 is 0 Å². The van der Waals surface area contributed by atoms with E-state index in [0.29, 0.717) is 30.0 Å². The molecule has 1 aromatic rings. The number of nitrogens with one attached hydrogen (secondary N) is 1. The minimum absolute atomic E-state index is 0.249. The first-order chi connectivity index (χ1) is 9.61. The second-order valence-electron chi connectivity index (χ2n) is 5.86. The van der Waals surface area contributed by atoms with Crippen LogP contribution in [-0.2, 0) is 4.74 Å². The van der Waals surface area contributed by atoms with E-state index >= 15 is 0 Å². The van der Waals surface area contributed by atoms with Crippen LogP contribution < -0.4 is 5.32 Å². The Kier molecular flexibility index (Phi) is 5.05. The van der Waals surface area contributed by atoms with E-state index in [1.54, 1.807) is 6.07 Å². The minimum Gasteiger partial charge on any atom is -0.462 e. The van der Waals surface area contributed by atoms with Gasteiger partial charge in [0.25, 0.3) is 0 Å². The van der Waals surface area contributed by atoms with Gasteiger partial charge in [0.05, 0.1) is 12.2 Å². The Morgan fingerprint density at radius 2 is 2.00 bits per heavy atom. The molecule has 2 rings (SSSR count). The molecule has 0 heterocycles. The van der Waals surface area contributed by atoms with Crippen LogP contribution in [0, 0.1) is 11.8 Å². The number of carbonyl (C=O) groups excluding carboxylic acids is 1. The second-order valence-corrected chi connectivity index (χ2v) is 5.86. The molecule has 20 heavy (non-hydrogen) atoms. The molecule has 1 aliphatic carbocycles. The summed E-state index contributed by atoms with van der Waals surface area (Å²) < 4.78 is 5.05. The fourth-order valence-corrected chi connectivity index (χ4v) is 3.11. The van der Waals surface area contributed by atoms with Gasteiger partial charge in [-0.05, 0) is 49.8 Å². The van der Waals surface area contributed by atoms with Gasteiger partial charge in [0, 0.05) is 11.7 Å². The van der Waals surface area contributed by atoms with Gasteiger partial charge in [0.2, 0.25) is 0 Å². The first-order valence-corrected chi connectivity index (χ1v) is 7.65. The molecule has 0 aromatic heterocycles. The van der Waals surface area contributed by atoms with Crippen molar-refractivity contribution < 1.29 is 9.53 Å². The Bertz CT molecular complexity index is 448. The minimum atomic E-state index is -0.249. The molecule has 1 aromatic carbocycles. The number of ether oxygens (including phenoxy) is 1. The molecular weight excluding hydrogens is 250 g/mol. The lowest BCUT2D eigenvalue weighted by atomic mass is 9.78. The molecule has 1 N–H and O–H groups in total. The average molecular weight is 275 g/mol. The second kappa shape index (κ2) is 6.78. The number of hydrogen-bond acceptors (Lipinski definition) is 3. The highest BCUT2D eigenvalue weighted by Crippen LogP contribution is 2.31. The third kappa shape index (κ3) is 3.53. The molecule has 2 atom stereocenters. The molecule has 3 heteroatoms. The van der Waals surface area contributed by atoms with Gasteiger partial charge in [0.1, 0.15) is 0 Å². The lowest BCUT2D eigenvalue weighted by Crippen LogP contribution is -2.37. The average Bonchev–Trinajstić information content (AvgIpc) is 2.44. The molecule has 3 nitrogen and oxygen atoms in total. The molecule has 0 spiro atoms. The SMILES string of the molecule is CCOC(=O)c1cccc(NC2C(C)CCCC2C)c1. The van der Waals surface area contributed by atoms with Crippen molar-refractivity contribution in [1.29, 1.82) is 0 Å². The molecule has 1 fully saturated rings. The maximum absolute atomic E-state index is 11.8. The van der Waals surface area contributed by atoms with Gasteiger partial charge < -0.3 is 10.1 Å². The van der Waals surface area contributed by atoms with E-state index in [4.69, 9.17) is 4.74 Å². The Hall–Kier alpha value is -1.51. The predicted molar refractivity (Wildman–Crippen MR) is 82.0 cm³/mol. The van der Waals surface area contributed by atoms with Gasteiger partial charge in [-0.1, -0.05) is 26.3 Å². The lowest BCUT2D eigenvalue weighted by molar-refractivity contribution is 0.0526. The zero-order valence-electron chi connectivity index (χ0n) is 12.7. The lowest BCUT2D eigenvalue weighted by Gasteiger charge is -2.36. The number of esters is 1. The summed E-state index contributed by atoms with van der Waals surface area (Å²) in [6.45, 7) is 6.85.